The minimum absolute atomic E-state index is 0.684. The molecule has 12 heteroatoms. The maximum Gasteiger partial charge on any atom is 0.330 e. The fourth-order valence-corrected chi connectivity index (χ4v) is 4.77. The van der Waals surface area contributed by atoms with Crippen LogP contribution in [0.4, 0.5) is 0 Å². The van der Waals surface area contributed by atoms with Crippen molar-refractivity contribution in [1.29, 1.82) is 0 Å². The fraction of sp³-hybridized carbons (Fsp3) is 0.542. The summed E-state index contributed by atoms with van der Waals surface area (Å²) in [5, 5.41) is 72.3. The number of hydrogen-bond acceptors (Lipinski definition) is 12. The zero-order valence-corrected chi connectivity index (χ0v) is 19.1. The molecule has 3 aliphatic rings. The highest BCUT2D eigenvalue weighted by atomic mass is 16.8. The van der Waals surface area contributed by atoms with Crippen LogP contribution in [0, 0.1) is 11.8 Å². The van der Waals surface area contributed by atoms with Gasteiger partial charge in [0.1, 0.15) is 42.7 Å². The topological polar surface area (TPSA) is 196 Å². The average Bonchev–Trinajstić information content (AvgIpc) is 3.09. The molecule has 1 saturated carbocycles. The molecule has 12 nitrogen and oxygen atoms in total. The average molecular weight is 510 g/mol. The Morgan fingerprint density at radius 1 is 1.00 bits per heavy atom. The number of ether oxygens (including phenoxy) is 4. The molecule has 198 valence electrons. The number of carbonyl (C=O) groups is 1. The van der Waals surface area contributed by atoms with Crippen molar-refractivity contribution in [3.05, 3.63) is 54.3 Å². The number of rotatable bonds is 7. The monoisotopic (exact) mass is 510 g/mol. The van der Waals surface area contributed by atoms with Gasteiger partial charge >= 0.3 is 5.97 Å². The van der Waals surface area contributed by atoms with Gasteiger partial charge in [-0.25, -0.2) is 4.79 Å². The van der Waals surface area contributed by atoms with E-state index in [0.717, 1.165) is 11.6 Å². The first-order valence-corrected chi connectivity index (χ1v) is 11.4. The van der Waals surface area contributed by atoms with Gasteiger partial charge in [0.2, 0.25) is 6.29 Å². The van der Waals surface area contributed by atoms with Gasteiger partial charge in [-0.05, 0) is 17.7 Å². The second-order valence-electron chi connectivity index (χ2n) is 9.05. The number of benzene rings is 1. The Bertz CT molecular complexity index is 952. The van der Waals surface area contributed by atoms with Crippen LogP contribution in [0.5, 0.6) is 0 Å². The smallest absolute Gasteiger partial charge is 0.330 e. The predicted octanol–water partition coefficient (Wildman–Crippen LogP) is -2.37. The van der Waals surface area contributed by atoms with Crippen LogP contribution in [-0.2, 0) is 23.7 Å². The highest BCUT2D eigenvalue weighted by Gasteiger charge is 2.64. The first-order valence-electron chi connectivity index (χ1n) is 11.4. The number of esters is 1. The molecule has 0 amide bonds. The van der Waals surface area contributed by atoms with Crippen LogP contribution in [0.3, 0.4) is 0 Å². The lowest BCUT2D eigenvalue weighted by molar-refractivity contribution is -0.348. The van der Waals surface area contributed by atoms with Crippen molar-refractivity contribution in [3.63, 3.8) is 0 Å². The van der Waals surface area contributed by atoms with Crippen molar-refractivity contribution in [3.8, 4) is 0 Å². The minimum atomic E-state index is -2.23. The maximum atomic E-state index is 12.3. The van der Waals surface area contributed by atoms with Crippen LogP contribution in [-0.4, -0.2) is 110 Å². The largest absolute Gasteiger partial charge is 0.472 e. The molecule has 1 unspecified atom stereocenters. The Morgan fingerprint density at radius 3 is 2.42 bits per heavy atom. The molecule has 7 N–H and O–H groups in total. The van der Waals surface area contributed by atoms with E-state index < -0.39 is 85.8 Å². The first-order chi connectivity index (χ1) is 17.2. The van der Waals surface area contributed by atoms with E-state index in [4.69, 9.17) is 18.9 Å². The molecule has 1 saturated heterocycles. The molecule has 0 aromatic heterocycles. The standard InChI is InChI=1S/C24H30O12/c25-10-14-18(28)19(29)20(30)23(35-14)36-22-16-13(8-9-33-22)17(27)21(31)24(16,32)11-34-15(26)7-6-12-4-2-1-3-5-12/h1-9,13-14,16-23,25,27-32H,10-11H2/b7-6+/t13-,14-,16?,17+,18-,19+,20-,21+,22+,23+,24-/m1/s1. The molecular formula is C24H30O12. The number of carbonyl (C=O) groups excluding carboxylic acids is 1. The molecule has 11 atom stereocenters. The third-order valence-corrected chi connectivity index (χ3v) is 6.80. The van der Waals surface area contributed by atoms with E-state index in [2.05, 4.69) is 0 Å². The van der Waals surface area contributed by atoms with E-state index in [9.17, 15) is 40.5 Å². The highest BCUT2D eigenvalue weighted by Crippen LogP contribution is 2.47. The van der Waals surface area contributed by atoms with Crippen LogP contribution in [0.2, 0.25) is 0 Å². The lowest BCUT2D eigenvalue weighted by Gasteiger charge is -2.44. The fourth-order valence-electron chi connectivity index (χ4n) is 4.77. The van der Waals surface area contributed by atoms with E-state index in [0.29, 0.717) is 0 Å². The summed E-state index contributed by atoms with van der Waals surface area (Å²) in [6, 6.07) is 8.93. The molecule has 0 bridgehead atoms. The van der Waals surface area contributed by atoms with Gasteiger partial charge in [0, 0.05) is 12.0 Å². The predicted molar refractivity (Wildman–Crippen MR) is 119 cm³/mol. The molecule has 1 aromatic rings. The Balaban J connectivity index is 1.49. The normalized spacial score (nSPS) is 42.2. The van der Waals surface area contributed by atoms with Crippen LogP contribution in [0.15, 0.2) is 48.7 Å². The lowest BCUT2D eigenvalue weighted by atomic mass is 9.83. The number of hydrogen-bond donors (Lipinski definition) is 7. The molecule has 1 aromatic carbocycles. The van der Waals surface area contributed by atoms with E-state index in [1.54, 1.807) is 24.3 Å². The highest BCUT2D eigenvalue weighted by molar-refractivity contribution is 5.87. The van der Waals surface area contributed by atoms with Gasteiger partial charge in [-0.3, -0.25) is 0 Å². The van der Waals surface area contributed by atoms with Crippen molar-refractivity contribution in [2.24, 2.45) is 11.8 Å². The Labute approximate surface area is 206 Å². The van der Waals surface area contributed by atoms with Crippen LogP contribution < -0.4 is 0 Å². The van der Waals surface area contributed by atoms with Gasteiger partial charge < -0.3 is 54.7 Å². The molecule has 2 fully saturated rings. The van der Waals surface area contributed by atoms with Crippen LogP contribution in [0.25, 0.3) is 6.08 Å². The summed E-state index contributed by atoms with van der Waals surface area (Å²) in [5.41, 5.74) is -1.49. The van der Waals surface area contributed by atoms with Gasteiger partial charge in [0.25, 0.3) is 0 Å². The molecule has 2 aliphatic heterocycles. The Morgan fingerprint density at radius 2 is 1.72 bits per heavy atom. The van der Waals surface area contributed by atoms with Crippen molar-refractivity contribution in [2.45, 2.75) is 54.8 Å². The van der Waals surface area contributed by atoms with Crippen molar-refractivity contribution in [1.82, 2.24) is 0 Å². The summed E-state index contributed by atoms with van der Waals surface area (Å²) in [4.78, 5) is 12.3. The Hall–Kier alpha value is -2.39. The van der Waals surface area contributed by atoms with E-state index in [-0.39, 0.29) is 0 Å². The van der Waals surface area contributed by atoms with Gasteiger partial charge in [0.05, 0.1) is 24.9 Å². The zero-order valence-electron chi connectivity index (χ0n) is 19.1. The third-order valence-electron chi connectivity index (χ3n) is 6.80. The molecule has 0 spiro atoms. The molecule has 36 heavy (non-hydrogen) atoms. The molecule has 2 heterocycles. The summed E-state index contributed by atoms with van der Waals surface area (Å²) < 4.78 is 21.6. The van der Waals surface area contributed by atoms with Gasteiger partial charge in [-0.1, -0.05) is 30.3 Å². The van der Waals surface area contributed by atoms with Gasteiger partial charge in [-0.2, -0.15) is 0 Å². The summed E-state index contributed by atoms with van der Waals surface area (Å²) in [5.74, 6) is -2.91. The van der Waals surface area contributed by atoms with Gasteiger partial charge in [-0.15, -0.1) is 0 Å². The third kappa shape index (κ3) is 5.05. The summed E-state index contributed by atoms with van der Waals surface area (Å²) in [6.07, 6.45) is -7.38. The summed E-state index contributed by atoms with van der Waals surface area (Å²) in [6.45, 7) is -1.41. The maximum absolute atomic E-state index is 12.3. The second kappa shape index (κ2) is 10.9. The Kier molecular flexibility index (Phi) is 8.09. The van der Waals surface area contributed by atoms with E-state index in [1.807, 2.05) is 6.07 Å². The van der Waals surface area contributed by atoms with Crippen LogP contribution >= 0.6 is 0 Å². The quantitative estimate of drug-likeness (QED) is 0.152. The van der Waals surface area contributed by atoms with E-state index in [1.165, 1.54) is 18.4 Å². The van der Waals surface area contributed by atoms with Crippen LogP contribution in [0.1, 0.15) is 5.56 Å². The number of aliphatic hydroxyl groups is 7. The SMILES string of the molecule is O=C(/C=C/c1ccccc1)OC[C@@]1(O)C2[C@H](O[C@@H]3O[C@H](CO)[C@@H](O)[C@H](O)[C@H]3O)OC=C[C@H]2[C@H](O)[C@@H]1O. The number of fused-ring (bicyclic) bond motifs is 1. The molecule has 1 aliphatic carbocycles. The summed E-state index contributed by atoms with van der Waals surface area (Å²) in [7, 11) is 0. The van der Waals surface area contributed by atoms with Crippen molar-refractivity contribution >= 4 is 12.0 Å². The lowest BCUT2D eigenvalue weighted by Crippen LogP contribution is -2.61. The zero-order chi connectivity index (χ0) is 26.0. The molecular weight excluding hydrogens is 480 g/mol. The minimum Gasteiger partial charge on any atom is -0.472 e. The number of aliphatic hydroxyl groups excluding tert-OH is 6. The van der Waals surface area contributed by atoms with Crippen molar-refractivity contribution in [2.75, 3.05) is 13.2 Å². The molecule has 4 rings (SSSR count). The van der Waals surface area contributed by atoms with Crippen molar-refractivity contribution < 1.29 is 59.5 Å². The van der Waals surface area contributed by atoms with E-state index >= 15 is 0 Å². The first kappa shape index (κ1) is 26.7. The molecule has 0 radical (unpaired) electrons. The summed E-state index contributed by atoms with van der Waals surface area (Å²) >= 11 is 0. The van der Waals surface area contributed by atoms with Gasteiger partial charge in [0.15, 0.2) is 6.29 Å². The second-order valence-corrected chi connectivity index (χ2v) is 9.05.